The molecule has 0 spiro atoms. The van der Waals surface area contributed by atoms with E-state index in [1.165, 1.54) is 110 Å². The Morgan fingerprint density at radius 3 is 0.759 bits per heavy atom. The van der Waals surface area contributed by atoms with Gasteiger partial charge in [0.05, 0.1) is 61.3 Å². The molecule has 12 saturated carbocycles. The van der Waals surface area contributed by atoms with E-state index in [9.17, 15) is 76.7 Å². The van der Waals surface area contributed by atoms with Gasteiger partial charge in [0.25, 0.3) is 0 Å². The summed E-state index contributed by atoms with van der Waals surface area (Å²) < 4.78 is 226. The fourth-order valence-corrected chi connectivity index (χ4v) is 24.6. The Kier molecular flexibility index (Phi) is 64.7. The molecule has 0 N–H and O–H groups in total. The van der Waals surface area contributed by atoms with E-state index in [0.717, 1.165) is 292 Å². The summed E-state index contributed by atoms with van der Waals surface area (Å²) in [4.78, 5) is 84.6. The largest absolute Gasteiger partial charge is 0.508 e. The SMILES string of the molecule is COOOSC(F)(F)C(=O)OC(C1CCCCC1)C1CC1.COOOSC(F)(F)C(=O)OC(C1CCCCC1)C1CCC(C)CC1.COOOSC(F)(F)C(=O)OCC(C1CCCCC1)C1CCCCC1.COOOSC(F)(F)COC(=O)C(C1CCCCC1)C1CCCCC1.COOOSC(F)(F)COC(=O)OC(C1CCCCC1)C1CCCCC1.COOOSC(F)(F)COC(C1CCCCC1)C1CCCCC1. The molecule has 2 unspecified atom stereocenters. The molecule has 0 aromatic carbocycles. The molecule has 145 heavy (non-hydrogen) atoms. The lowest BCUT2D eigenvalue weighted by Crippen LogP contribution is -2.41. The van der Waals surface area contributed by atoms with Crippen molar-refractivity contribution in [2.45, 2.75) is 422 Å². The van der Waals surface area contributed by atoms with Crippen LogP contribution < -0.4 is 0 Å². The van der Waals surface area contributed by atoms with Crippen molar-refractivity contribution in [1.82, 2.24) is 0 Å². The number of alkyl halides is 12. The number of hydrogen-bond donors (Lipinski definition) is 0. The second kappa shape index (κ2) is 72.5. The first-order chi connectivity index (χ1) is 69.7. The van der Waals surface area contributed by atoms with Crippen molar-refractivity contribution in [3.8, 4) is 0 Å². The average Bonchev–Trinajstić information content (AvgIpc) is 1.73. The first-order valence-electron chi connectivity index (χ1n) is 52.5. The average molecular weight is 2230 g/mol. The number of carbonyl (C=O) groups is 5. The maximum atomic E-state index is 13.9. The van der Waals surface area contributed by atoms with Crippen LogP contribution in [0.3, 0.4) is 0 Å². The molecule has 0 aliphatic heterocycles. The van der Waals surface area contributed by atoms with Crippen molar-refractivity contribution in [2.75, 3.05) is 69.1 Å². The van der Waals surface area contributed by atoms with Gasteiger partial charge in [0, 0.05) is 0 Å². The van der Waals surface area contributed by atoms with E-state index >= 15 is 0 Å². The van der Waals surface area contributed by atoms with Gasteiger partial charge in [-0.05, 0) is 211 Å². The minimum atomic E-state index is -3.84. The summed E-state index contributed by atoms with van der Waals surface area (Å²) in [5, 5.41) is 2.13. The number of carbonyl (C=O) groups excluding carboxylic acids is 5. The first-order valence-corrected chi connectivity index (χ1v) is 56.9. The number of ether oxygens (including phenoxy) is 7. The fourth-order valence-electron chi connectivity index (χ4n) is 22.8. The van der Waals surface area contributed by atoms with Crippen LogP contribution in [0.1, 0.15) is 366 Å². The number of rotatable bonds is 52. The molecular weight excluding hydrogens is 2070 g/mol. The molecule has 12 fully saturated rings. The Bertz CT molecular complexity index is 3320. The summed E-state index contributed by atoms with van der Waals surface area (Å²) in [6.07, 6.45) is 59.0. The quantitative estimate of drug-likeness (QED) is 0.0104. The van der Waals surface area contributed by atoms with E-state index in [4.69, 9.17) is 28.4 Å². The predicted molar refractivity (Wildman–Crippen MR) is 515 cm³/mol. The molecule has 0 bridgehead atoms. The standard InChI is InChI=1S/C17H28F2O6S.3C17H28F2O5S.C16H28F2O4S.C13H20F2O5S/c1-21-24-25-26-17(18,19)12-22-16(20)23-15(13-8-4-2-5-9-13)14-10-6-3-7-11-14;1-12-8-10-14(11-9-12)15(13-6-4-3-5-7-13)22-16(20)17(18,19)25-24-23-21-2;1-21-23-24-25-17(18,19)12-22-16(20)15(13-8-4-2-5-9-13)14-10-6-3-7-11-14;1-21-23-24-25-17(18,19)16(20)22-12-15(13-8-4-2-5-9-13)14-10-6-3-7-11-14;1-19-21-22-23-16(17,18)12-20-15(13-8-4-2-5-9-13)14-10-6-3-7-11-14;1-17-19-20-21-13(14,15)12(16)18-11(10-7-8-10)9-5-3-2-4-6-9/h13-15H,2-12H2,1H3;12-15H,3-11H2,1-2H3;2*13-15H,2-12H2,1H3;13-15H,2-12H2,1H3;9-11H,2-8H2,1H3. The van der Waals surface area contributed by atoms with Crippen LogP contribution in [0.4, 0.5) is 57.5 Å². The zero-order valence-electron chi connectivity index (χ0n) is 85.1. The summed E-state index contributed by atoms with van der Waals surface area (Å²) in [6.45, 7) is -0.571. The van der Waals surface area contributed by atoms with Gasteiger partial charge in [-0.3, -0.25) is 4.79 Å². The van der Waals surface area contributed by atoms with E-state index in [1.807, 2.05) is 0 Å². The molecule has 848 valence electrons. The van der Waals surface area contributed by atoms with Crippen molar-refractivity contribution in [3.05, 3.63) is 0 Å². The van der Waals surface area contributed by atoms with E-state index in [1.54, 1.807) is 0 Å². The highest BCUT2D eigenvalue weighted by Gasteiger charge is 2.52. The normalized spacial score (nSPS) is 22.1. The first kappa shape index (κ1) is 130. The lowest BCUT2D eigenvalue weighted by molar-refractivity contribution is -0.448. The molecule has 0 aromatic heterocycles. The van der Waals surface area contributed by atoms with Gasteiger partial charge in [-0.25, -0.2) is 48.5 Å². The Balaban J connectivity index is 0.000000236. The molecular formula is C97H160F12O30S6. The molecule has 12 aliphatic carbocycles. The smallest absolute Gasteiger partial charge is 0.460 e. The van der Waals surface area contributed by atoms with E-state index < -0.39 is 130 Å². The maximum Gasteiger partial charge on any atom is 0.508 e. The minimum Gasteiger partial charge on any atom is -0.460 e. The van der Waals surface area contributed by atoms with Crippen molar-refractivity contribution in [2.24, 2.45) is 88.8 Å². The number of halogens is 12. The Morgan fingerprint density at radius 2 is 0.476 bits per heavy atom. The van der Waals surface area contributed by atoms with Gasteiger partial charge in [-0.15, -0.1) is 26.0 Å². The van der Waals surface area contributed by atoms with Crippen LogP contribution >= 0.6 is 72.3 Å². The van der Waals surface area contributed by atoms with Gasteiger partial charge < -0.3 is 33.2 Å². The lowest BCUT2D eigenvalue weighted by Gasteiger charge is -2.38. The molecule has 48 heteroatoms. The Labute approximate surface area is 873 Å². The summed E-state index contributed by atoms with van der Waals surface area (Å²) in [7, 11) is 6.76. The highest BCUT2D eigenvalue weighted by Crippen LogP contribution is 2.50. The Morgan fingerprint density at radius 1 is 0.248 bits per heavy atom. The minimum absolute atomic E-state index is 0.0505. The predicted octanol–water partition coefficient (Wildman–Crippen LogP) is 29.5. The van der Waals surface area contributed by atoms with Gasteiger partial charge in [0.2, 0.25) is 0 Å². The zero-order valence-corrected chi connectivity index (χ0v) is 90.0. The van der Waals surface area contributed by atoms with E-state index in [2.05, 4.69) is 97.2 Å². The molecule has 0 saturated heterocycles. The van der Waals surface area contributed by atoms with E-state index in [0.29, 0.717) is 41.4 Å². The highest BCUT2D eigenvalue weighted by molar-refractivity contribution is 7.97. The molecule has 12 rings (SSSR count). The van der Waals surface area contributed by atoms with E-state index in [-0.39, 0.29) is 102 Å². The van der Waals surface area contributed by atoms with Crippen LogP contribution in [0.15, 0.2) is 0 Å². The fraction of sp³-hybridized carbons (Fsp3) is 0.948. The lowest BCUT2D eigenvalue weighted by atomic mass is 9.69. The van der Waals surface area contributed by atoms with Crippen LogP contribution in [0, 0.1) is 88.8 Å². The van der Waals surface area contributed by atoms with Crippen molar-refractivity contribution < 1.29 is 195 Å². The summed E-state index contributed by atoms with van der Waals surface area (Å²) >= 11 is -1.84. The van der Waals surface area contributed by atoms with Gasteiger partial charge in [-0.2, -0.15) is 52.7 Å². The number of hydrogen-bond acceptors (Lipinski definition) is 36. The third kappa shape index (κ3) is 51.5. The molecule has 0 heterocycles. The van der Waals surface area contributed by atoms with Crippen LogP contribution in [0.2, 0.25) is 0 Å². The third-order valence-electron chi connectivity index (χ3n) is 29.9. The molecule has 30 nitrogen and oxygen atoms in total. The van der Waals surface area contributed by atoms with Crippen molar-refractivity contribution in [1.29, 1.82) is 0 Å². The van der Waals surface area contributed by atoms with Gasteiger partial charge >= 0.3 is 61.6 Å². The van der Waals surface area contributed by atoms with Crippen LogP contribution in [-0.2, 0) is 138 Å². The molecule has 2 atom stereocenters. The highest BCUT2D eigenvalue weighted by atomic mass is 32.2. The molecule has 12 aliphatic rings. The molecule has 0 aromatic rings. The topological polar surface area (TPSA) is 316 Å². The zero-order chi connectivity index (χ0) is 105. The Hall–Kier alpha value is -2.35. The second-order valence-electron chi connectivity index (χ2n) is 40.1. The van der Waals surface area contributed by atoms with Crippen LogP contribution in [-0.4, -0.2) is 155 Å². The van der Waals surface area contributed by atoms with Crippen LogP contribution in [0.5, 0.6) is 0 Å². The summed E-state index contributed by atoms with van der Waals surface area (Å²) in [5.41, 5.74) is 0. The van der Waals surface area contributed by atoms with Gasteiger partial charge in [0.1, 0.15) is 97.2 Å². The monoisotopic (exact) mass is 2220 g/mol. The molecule has 0 radical (unpaired) electrons. The van der Waals surface area contributed by atoms with Crippen molar-refractivity contribution >= 4 is 102 Å². The maximum absolute atomic E-state index is 13.9. The van der Waals surface area contributed by atoms with Crippen molar-refractivity contribution in [3.63, 3.8) is 0 Å². The van der Waals surface area contributed by atoms with Gasteiger partial charge in [0.15, 0.2) is 13.2 Å². The second-order valence-corrected chi connectivity index (χ2v) is 45.3. The van der Waals surface area contributed by atoms with Gasteiger partial charge in [-0.1, -0.05) is 268 Å². The number of esters is 4. The summed E-state index contributed by atoms with van der Waals surface area (Å²) in [6, 6.07) is 0. The third-order valence-corrected chi connectivity index (χ3v) is 32.8. The summed E-state index contributed by atoms with van der Waals surface area (Å²) in [5.74, 6) is -0.950. The van der Waals surface area contributed by atoms with Crippen LogP contribution in [0.25, 0.3) is 0 Å². The molecule has 0 amide bonds.